The topological polar surface area (TPSA) is 78.5 Å². The Hall–Kier alpha value is -3.61. The maximum Gasteiger partial charge on any atom is 0.416 e. The molecule has 2 amide bonds. The summed E-state index contributed by atoms with van der Waals surface area (Å²) in [5.41, 5.74) is -3.74. The molecule has 0 saturated carbocycles. The molecule has 2 atom stereocenters. The van der Waals surface area contributed by atoms with E-state index in [2.05, 4.69) is 10.6 Å². The average molecular weight is 674 g/mol. The Morgan fingerprint density at radius 1 is 0.889 bits per heavy atom. The van der Waals surface area contributed by atoms with Crippen molar-refractivity contribution >= 4 is 40.8 Å². The van der Waals surface area contributed by atoms with Crippen molar-refractivity contribution < 1.29 is 40.7 Å². The first-order valence-corrected chi connectivity index (χ1v) is 14.4. The Kier molecular flexibility index (Phi) is 10.2. The maximum atomic E-state index is 13.3. The number of nitrogens with one attached hydrogen (secondary N) is 2. The SMILES string of the molecule is CC(=O)C1(c2ccccc2)CCN(CC(=O)NC(CNC(=O)c2cc(C(F)(F)F)cc(C(F)(F)F)c2)c2ccc(Cl)c(Cl)c2)C1. The Morgan fingerprint density at radius 2 is 1.51 bits per heavy atom. The van der Waals surface area contributed by atoms with Crippen LogP contribution in [0.2, 0.25) is 10.0 Å². The number of halogens is 8. The summed E-state index contributed by atoms with van der Waals surface area (Å²) in [6, 6.07) is 13.1. The number of hydrogen-bond acceptors (Lipinski definition) is 4. The highest BCUT2D eigenvalue weighted by atomic mass is 35.5. The highest BCUT2D eigenvalue weighted by Gasteiger charge is 2.44. The van der Waals surface area contributed by atoms with E-state index in [9.17, 15) is 40.7 Å². The van der Waals surface area contributed by atoms with Gasteiger partial charge in [0.1, 0.15) is 5.78 Å². The first kappa shape index (κ1) is 34.3. The lowest BCUT2D eigenvalue weighted by molar-refractivity contribution is -0.143. The standard InChI is InChI=1S/C31H27Cl2F6N3O3/c1-18(43)29(21-5-3-2-4-6-21)9-10-42(17-29)16-27(44)41-26(19-7-8-24(32)25(33)13-19)15-40-28(45)20-11-22(30(34,35)36)14-23(12-20)31(37,38)39/h2-8,11-14,26H,9-10,15-17H2,1H3,(H,40,45)(H,41,44). The third-order valence-corrected chi connectivity index (χ3v) is 8.45. The largest absolute Gasteiger partial charge is 0.416 e. The number of amides is 2. The number of carbonyl (C=O) groups is 3. The van der Waals surface area contributed by atoms with Crippen LogP contribution in [0.15, 0.2) is 66.7 Å². The first-order chi connectivity index (χ1) is 21.0. The van der Waals surface area contributed by atoms with Crippen molar-refractivity contribution in [3.63, 3.8) is 0 Å². The summed E-state index contributed by atoms with van der Waals surface area (Å²) in [7, 11) is 0. The molecule has 3 aromatic carbocycles. The summed E-state index contributed by atoms with van der Waals surface area (Å²) in [6.07, 6.45) is -9.78. The lowest BCUT2D eigenvalue weighted by Crippen LogP contribution is -2.44. The number of carbonyl (C=O) groups excluding carboxylic acids is 3. The quantitative estimate of drug-likeness (QED) is 0.244. The summed E-state index contributed by atoms with van der Waals surface area (Å²) in [6.45, 7) is 1.68. The number of rotatable bonds is 9. The van der Waals surface area contributed by atoms with Gasteiger partial charge in [-0.2, -0.15) is 26.3 Å². The summed E-state index contributed by atoms with van der Waals surface area (Å²) in [4.78, 5) is 40.6. The van der Waals surface area contributed by atoms with E-state index in [4.69, 9.17) is 23.2 Å². The summed E-state index contributed by atoms with van der Waals surface area (Å²) in [5.74, 6) is -1.78. The van der Waals surface area contributed by atoms with E-state index in [0.29, 0.717) is 30.7 Å². The van der Waals surface area contributed by atoms with Crippen LogP contribution in [-0.2, 0) is 27.4 Å². The molecule has 0 spiro atoms. The van der Waals surface area contributed by atoms with Crippen LogP contribution in [0.4, 0.5) is 26.3 Å². The molecule has 0 aromatic heterocycles. The third-order valence-electron chi connectivity index (χ3n) is 7.71. The summed E-state index contributed by atoms with van der Waals surface area (Å²) >= 11 is 12.2. The highest BCUT2D eigenvalue weighted by Crippen LogP contribution is 2.37. The van der Waals surface area contributed by atoms with Crippen molar-refractivity contribution in [2.45, 2.75) is 37.2 Å². The first-order valence-electron chi connectivity index (χ1n) is 13.6. The molecule has 240 valence electrons. The molecular weight excluding hydrogens is 647 g/mol. The number of hydrogen-bond donors (Lipinski definition) is 2. The molecule has 0 radical (unpaired) electrons. The fraction of sp³-hybridized carbons (Fsp3) is 0.323. The monoisotopic (exact) mass is 673 g/mol. The minimum absolute atomic E-state index is 0.0451. The van der Waals surface area contributed by atoms with Gasteiger partial charge in [0.2, 0.25) is 5.91 Å². The molecule has 6 nitrogen and oxygen atoms in total. The fourth-order valence-electron chi connectivity index (χ4n) is 5.31. The molecule has 1 aliphatic rings. The lowest BCUT2D eigenvalue weighted by Gasteiger charge is -2.27. The number of ketones is 1. The van der Waals surface area contributed by atoms with Gasteiger partial charge in [-0.05, 0) is 54.8 Å². The van der Waals surface area contributed by atoms with Gasteiger partial charge in [0.15, 0.2) is 0 Å². The molecule has 2 N–H and O–H groups in total. The molecule has 1 saturated heterocycles. The molecule has 3 aromatic rings. The molecule has 14 heteroatoms. The molecule has 1 fully saturated rings. The second-order valence-corrected chi connectivity index (χ2v) is 11.6. The van der Waals surface area contributed by atoms with Gasteiger partial charge in [0.25, 0.3) is 5.91 Å². The van der Waals surface area contributed by atoms with Gasteiger partial charge in [0.05, 0.1) is 39.2 Å². The predicted molar refractivity (Wildman–Crippen MR) is 156 cm³/mol. The van der Waals surface area contributed by atoms with Crippen LogP contribution in [-0.4, -0.2) is 48.7 Å². The zero-order chi connectivity index (χ0) is 33.2. The van der Waals surface area contributed by atoms with Crippen LogP contribution >= 0.6 is 23.2 Å². The highest BCUT2D eigenvalue weighted by molar-refractivity contribution is 6.42. The number of Topliss-reactive ketones (excluding diaryl/α,β-unsaturated/α-hetero) is 1. The molecule has 1 heterocycles. The smallest absolute Gasteiger partial charge is 0.350 e. The van der Waals surface area contributed by atoms with E-state index in [-0.39, 0.29) is 35.0 Å². The van der Waals surface area contributed by atoms with E-state index in [1.165, 1.54) is 25.1 Å². The van der Waals surface area contributed by atoms with Crippen molar-refractivity contribution in [3.05, 3.63) is 105 Å². The van der Waals surface area contributed by atoms with Gasteiger partial charge in [-0.1, -0.05) is 59.6 Å². The Labute approximate surface area is 264 Å². The molecule has 4 rings (SSSR count). The van der Waals surface area contributed by atoms with Gasteiger partial charge in [0, 0.05) is 25.2 Å². The van der Waals surface area contributed by atoms with Crippen molar-refractivity contribution in [2.24, 2.45) is 0 Å². The van der Waals surface area contributed by atoms with Gasteiger partial charge in [-0.15, -0.1) is 0 Å². The number of alkyl halides is 6. The Balaban J connectivity index is 1.52. The van der Waals surface area contributed by atoms with Crippen LogP contribution in [0.1, 0.15) is 52.0 Å². The van der Waals surface area contributed by atoms with Crippen molar-refractivity contribution in [2.75, 3.05) is 26.2 Å². The summed E-state index contributed by atoms with van der Waals surface area (Å²) < 4.78 is 79.9. The maximum absolute atomic E-state index is 13.3. The van der Waals surface area contributed by atoms with Gasteiger partial charge < -0.3 is 10.6 Å². The van der Waals surface area contributed by atoms with E-state index >= 15 is 0 Å². The van der Waals surface area contributed by atoms with E-state index in [1.807, 2.05) is 30.3 Å². The van der Waals surface area contributed by atoms with E-state index < -0.39 is 58.9 Å². The molecule has 0 aliphatic carbocycles. The van der Waals surface area contributed by atoms with Crippen molar-refractivity contribution in [1.29, 1.82) is 0 Å². The minimum atomic E-state index is -5.14. The van der Waals surface area contributed by atoms with Crippen molar-refractivity contribution in [3.8, 4) is 0 Å². The van der Waals surface area contributed by atoms with Crippen LogP contribution < -0.4 is 10.6 Å². The second-order valence-electron chi connectivity index (χ2n) is 10.8. The van der Waals surface area contributed by atoms with Gasteiger partial charge in [-0.3, -0.25) is 19.3 Å². The zero-order valence-corrected chi connectivity index (χ0v) is 25.2. The Bertz CT molecular complexity index is 1550. The number of likely N-dealkylation sites (tertiary alicyclic amines) is 1. The van der Waals surface area contributed by atoms with Crippen LogP contribution in [0.25, 0.3) is 0 Å². The molecule has 0 bridgehead atoms. The minimum Gasteiger partial charge on any atom is -0.350 e. The lowest BCUT2D eigenvalue weighted by atomic mass is 9.76. The van der Waals surface area contributed by atoms with Gasteiger partial charge >= 0.3 is 12.4 Å². The molecule has 1 aliphatic heterocycles. The number of nitrogens with zero attached hydrogens (tertiary/aromatic N) is 1. The van der Waals surface area contributed by atoms with E-state index in [0.717, 1.165) is 5.56 Å². The third kappa shape index (κ3) is 8.16. The second kappa shape index (κ2) is 13.4. The molecular formula is C31H27Cl2F6N3O3. The van der Waals surface area contributed by atoms with Crippen molar-refractivity contribution in [1.82, 2.24) is 15.5 Å². The normalized spacial score (nSPS) is 18.0. The molecule has 45 heavy (non-hydrogen) atoms. The van der Waals surface area contributed by atoms with Crippen LogP contribution in [0.5, 0.6) is 0 Å². The Morgan fingerprint density at radius 3 is 2.07 bits per heavy atom. The molecule has 2 unspecified atom stereocenters. The predicted octanol–water partition coefficient (Wildman–Crippen LogP) is 6.85. The van der Waals surface area contributed by atoms with Gasteiger partial charge in [-0.25, -0.2) is 0 Å². The van der Waals surface area contributed by atoms with E-state index in [1.54, 1.807) is 4.90 Å². The van der Waals surface area contributed by atoms with Crippen LogP contribution in [0.3, 0.4) is 0 Å². The summed E-state index contributed by atoms with van der Waals surface area (Å²) in [5, 5.41) is 5.36. The fourth-order valence-corrected chi connectivity index (χ4v) is 5.62. The average Bonchev–Trinajstić information content (AvgIpc) is 3.41. The number of benzene rings is 3. The zero-order valence-electron chi connectivity index (χ0n) is 23.7. The van der Waals surface area contributed by atoms with Crippen LogP contribution in [0, 0.1) is 0 Å².